The van der Waals surface area contributed by atoms with Gasteiger partial charge in [0.1, 0.15) is 5.75 Å². The molecule has 0 aliphatic carbocycles. The molecule has 0 saturated carbocycles. The van der Waals surface area contributed by atoms with Crippen LogP contribution in [0.1, 0.15) is 35.9 Å². The van der Waals surface area contributed by atoms with Gasteiger partial charge >= 0.3 is 0 Å². The molecule has 0 aliphatic heterocycles. The molecule has 0 aliphatic rings. The van der Waals surface area contributed by atoms with Crippen LogP contribution in [0.15, 0.2) is 48.5 Å². The summed E-state index contributed by atoms with van der Waals surface area (Å²) in [5.74, 6) is 0.633. The molecule has 1 aromatic heterocycles. The van der Waals surface area contributed by atoms with Crippen molar-refractivity contribution in [2.45, 2.75) is 19.8 Å². The van der Waals surface area contributed by atoms with Crippen LogP contribution in [-0.2, 0) is 0 Å². The molecule has 1 amide bonds. The number of hydrogen-bond donors (Lipinski definition) is 1. The fourth-order valence-corrected chi connectivity index (χ4v) is 2.42. The van der Waals surface area contributed by atoms with E-state index in [4.69, 9.17) is 4.74 Å². The second-order valence-corrected chi connectivity index (χ2v) is 5.80. The van der Waals surface area contributed by atoms with Crippen molar-refractivity contribution in [1.29, 1.82) is 0 Å². The van der Waals surface area contributed by atoms with Crippen molar-refractivity contribution >= 4 is 11.6 Å². The Hall–Kier alpha value is -3.22. The van der Waals surface area contributed by atoms with Crippen LogP contribution < -0.4 is 10.1 Å². The number of methoxy groups -OCH3 is 1. The highest BCUT2D eigenvalue weighted by Crippen LogP contribution is 2.23. The number of nitrogens with one attached hydrogen (secondary N) is 1. The van der Waals surface area contributed by atoms with E-state index in [0.29, 0.717) is 11.6 Å². The maximum absolute atomic E-state index is 12.4. The largest absolute Gasteiger partial charge is 0.497 e. The van der Waals surface area contributed by atoms with Crippen LogP contribution in [0.4, 0.5) is 5.69 Å². The van der Waals surface area contributed by atoms with E-state index >= 15 is 0 Å². The first-order valence-electron chi connectivity index (χ1n) is 7.93. The van der Waals surface area contributed by atoms with Crippen LogP contribution in [0.5, 0.6) is 5.75 Å². The van der Waals surface area contributed by atoms with Gasteiger partial charge in [-0.2, -0.15) is 0 Å². The van der Waals surface area contributed by atoms with E-state index in [1.165, 1.54) is 4.80 Å². The van der Waals surface area contributed by atoms with Crippen molar-refractivity contribution < 1.29 is 9.53 Å². The molecule has 2 aromatic carbocycles. The number of para-hydroxylation sites is 1. The van der Waals surface area contributed by atoms with E-state index in [1.54, 1.807) is 31.4 Å². The number of ether oxygens (including phenoxy) is 1. The predicted octanol–water partition coefficient (Wildman–Crippen LogP) is 3.05. The van der Waals surface area contributed by atoms with Gasteiger partial charge in [-0.1, -0.05) is 32.0 Å². The van der Waals surface area contributed by atoms with Gasteiger partial charge in [0, 0.05) is 5.69 Å². The summed E-state index contributed by atoms with van der Waals surface area (Å²) in [7, 11) is 1.60. The van der Waals surface area contributed by atoms with E-state index in [-0.39, 0.29) is 5.82 Å². The minimum Gasteiger partial charge on any atom is -0.497 e. The molecule has 3 aromatic rings. The maximum atomic E-state index is 12.4. The molecule has 128 valence electrons. The first-order chi connectivity index (χ1) is 12.1. The Morgan fingerprint density at radius 3 is 2.52 bits per heavy atom. The molecule has 1 N–H and O–H groups in total. The molecule has 1 heterocycles. The van der Waals surface area contributed by atoms with E-state index < -0.39 is 5.91 Å². The monoisotopic (exact) mass is 337 g/mol. The first kappa shape index (κ1) is 16.6. The predicted molar refractivity (Wildman–Crippen MR) is 94.2 cm³/mol. The molecule has 0 radical (unpaired) electrons. The lowest BCUT2D eigenvalue weighted by atomic mass is 10.0. The Balaban J connectivity index is 1.79. The van der Waals surface area contributed by atoms with Crippen LogP contribution in [0.25, 0.3) is 5.69 Å². The van der Waals surface area contributed by atoms with Crippen molar-refractivity contribution in [3.05, 3.63) is 59.9 Å². The minimum atomic E-state index is -0.395. The summed E-state index contributed by atoms with van der Waals surface area (Å²) in [5.41, 5.74) is 2.50. The molecule has 0 saturated heterocycles. The number of aromatic nitrogens is 4. The Bertz CT molecular complexity index is 871. The third kappa shape index (κ3) is 3.65. The fourth-order valence-electron chi connectivity index (χ4n) is 2.42. The fraction of sp³-hybridized carbons (Fsp3) is 0.222. The van der Waals surface area contributed by atoms with Crippen LogP contribution >= 0.6 is 0 Å². The van der Waals surface area contributed by atoms with Gasteiger partial charge in [-0.15, -0.1) is 15.0 Å². The van der Waals surface area contributed by atoms with Crippen LogP contribution in [-0.4, -0.2) is 33.2 Å². The van der Waals surface area contributed by atoms with Crippen LogP contribution in [0.2, 0.25) is 0 Å². The van der Waals surface area contributed by atoms with Gasteiger partial charge in [0.25, 0.3) is 11.7 Å². The zero-order valence-corrected chi connectivity index (χ0v) is 14.3. The lowest BCUT2D eigenvalue weighted by Gasteiger charge is -2.12. The highest BCUT2D eigenvalue weighted by Gasteiger charge is 2.16. The number of carbonyl (C=O) groups is 1. The van der Waals surface area contributed by atoms with Crippen LogP contribution in [0.3, 0.4) is 0 Å². The number of hydrogen-bond acceptors (Lipinski definition) is 5. The highest BCUT2D eigenvalue weighted by molar-refractivity contribution is 6.01. The third-order valence-corrected chi connectivity index (χ3v) is 3.75. The van der Waals surface area contributed by atoms with E-state index in [9.17, 15) is 4.79 Å². The van der Waals surface area contributed by atoms with Crippen molar-refractivity contribution in [3.8, 4) is 11.4 Å². The van der Waals surface area contributed by atoms with Gasteiger partial charge in [-0.25, -0.2) is 0 Å². The Kier molecular flexibility index (Phi) is 4.74. The molecule has 7 heteroatoms. The summed E-state index contributed by atoms with van der Waals surface area (Å²) in [6, 6.07) is 14.8. The standard InChI is InChI=1S/C18H19N5O2/c1-12(2)15-6-4-5-7-16(15)19-18(24)17-20-22-23(21-17)13-8-10-14(25-3)11-9-13/h4-12H,1-3H3,(H,19,24). The summed E-state index contributed by atoms with van der Waals surface area (Å²) in [5, 5.41) is 14.8. The van der Waals surface area contributed by atoms with Gasteiger partial charge < -0.3 is 10.1 Å². The molecule has 0 bridgehead atoms. The zero-order chi connectivity index (χ0) is 17.8. The average molecular weight is 337 g/mol. The van der Waals surface area contributed by atoms with Gasteiger partial charge in [0.15, 0.2) is 0 Å². The summed E-state index contributed by atoms with van der Waals surface area (Å²) >= 11 is 0. The number of benzene rings is 2. The summed E-state index contributed by atoms with van der Waals surface area (Å²) in [4.78, 5) is 13.7. The number of tetrazole rings is 1. The minimum absolute atomic E-state index is 0.00868. The lowest BCUT2D eigenvalue weighted by molar-refractivity contribution is 0.101. The molecule has 25 heavy (non-hydrogen) atoms. The van der Waals surface area contributed by atoms with Crippen molar-refractivity contribution in [2.24, 2.45) is 0 Å². The van der Waals surface area contributed by atoms with Gasteiger partial charge in [0.05, 0.1) is 12.8 Å². The lowest BCUT2D eigenvalue weighted by Crippen LogP contribution is -2.15. The molecular formula is C18H19N5O2. The van der Waals surface area contributed by atoms with E-state index in [0.717, 1.165) is 17.0 Å². The normalized spacial score (nSPS) is 10.7. The van der Waals surface area contributed by atoms with E-state index in [2.05, 4.69) is 34.6 Å². The first-order valence-corrected chi connectivity index (χ1v) is 7.93. The molecular weight excluding hydrogens is 318 g/mol. The van der Waals surface area contributed by atoms with Crippen molar-refractivity contribution in [1.82, 2.24) is 20.2 Å². The molecule has 0 fully saturated rings. The van der Waals surface area contributed by atoms with Gasteiger partial charge in [-0.05, 0) is 47.0 Å². The zero-order valence-electron chi connectivity index (χ0n) is 14.3. The second-order valence-electron chi connectivity index (χ2n) is 5.80. The second kappa shape index (κ2) is 7.12. The molecule has 0 atom stereocenters. The smallest absolute Gasteiger partial charge is 0.297 e. The Morgan fingerprint density at radius 2 is 1.84 bits per heavy atom. The molecule has 0 spiro atoms. The number of carbonyl (C=O) groups excluding carboxylic acids is 1. The van der Waals surface area contributed by atoms with Crippen LogP contribution in [0, 0.1) is 0 Å². The van der Waals surface area contributed by atoms with Gasteiger partial charge in [0.2, 0.25) is 0 Å². The third-order valence-electron chi connectivity index (χ3n) is 3.75. The molecule has 3 rings (SSSR count). The average Bonchev–Trinajstić information content (AvgIpc) is 3.12. The number of nitrogens with zero attached hydrogens (tertiary/aromatic N) is 4. The Labute approximate surface area is 145 Å². The molecule has 7 nitrogen and oxygen atoms in total. The maximum Gasteiger partial charge on any atom is 0.297 e. The topological polar surface area (TPSA) is 81.9 Å². The van der Waals surface area contributed by atoms with Crippen molar-refractivity contribution in [2.75, 3.05) is 12.4 Å². The highest BCUT2D eigenvalue weighted by atomic mass is 16.5. The summed E-state index contributed by atoms with van der Waals surface area (Å²) in [6.07, 6.45) is 0. The quantitative estimate of drug-likeness (QED) is 0.774. The number of rotatable bonds is 5. The number of anilines is 1. The summed E-state index contributed by atoms with van der Waals surface area (Å²) < 4.78 is 5.12. The van der Waals surface area contributed by atoms with E-state index in [1.807, 2.05) is 24.3 Å². The SMILES string of the molecule is COc1ccc(-n2nnc(C(=O)Nc3ccccc3C(C)C)n2)cc1. The molecule has 0 unspecified atom stereocenters. The number of amides is 1. The Morgan fingerprint density at radius 1 is 1.12 bits per heavy atom. The van der Waals surface area contributed by atoms with Crippen molar-refractivity contribution in [3.63, 3.8) is 0 Å². The van der Waals surface area contributed by atoms with Gasteiger partial charge in [-0.3, -0.25) is 4.79 Å². The summed E-state index contributed by atoms with van der Waals surface area (Å²) in [6.45, 7) is 4.15.